The molecule has 2 rings (SSSR count). The highest BCUT2D eigenvalue weighted by molar-refractivity contribution is 7.99. The lowest BCUT2D eigenvalue weighted by atomic mass is 10.1. The zero-order valence-electron chi connectivity index (χ0n) is 11.8. The van der Waals surface area contributed by atoms with Crippen LogP contribution in [0.4, 0.5) is 0 Å². The first-order valence-corrected chi connectivity index (χ1v) is 10.1. The summed E-state index contributed by atoms with van der Waals surface area (Å²) in [5.41, 5.74) is 0. The number of nitrogens with one attached hydrogen (secondary N) is 1. The lowest BCUT2D eigenvalue weighted by Gasteiger charge is -2.21. The number of thioether (sulfide) groups is 1. The predicted molar refractivity (Wildman–Crippen MR) is 95.7 cm³/mol. The van der Waals surface area contributed by atoms with Gasteiger partial charge in [-0.1, -0.05) is 24.6 Å². The molecule has 0 aliphatic carbocycles. The van der Waals surface area contributed by atoms with E-state index in [0.29, 0.717) is 6.04 Å². The smallest absolute Gasteiger partial charge is 0.0931 e. The quantitative estimate of drug-likeness (QED) is 0.618. The van der Waals surface area contributed by atoms with Gasteiger partial charge in [0.05, 0.1) is 10.4 Å². The molecular formula is C15H20ClNS3. The van der Waals surface area contributed by atoms with Crippen LogP contribution in [0.3, 0.4) is 0 Å². The zero-order chi connectivity index (χ0) is 14.4. The van der Waals surface area contributed by atoms with Crippen molar-refractivity contribution in [2.45, 2.75) is 32.4 Å². The lowest BCUT2D eigenvalue weighted by molar-refractivity contribution is 0.498. The SMILES string of the molecule is CCSCCC(C)NC(c1cccs1)c1ccc(Cl)s1. The summed E-state index contributed by atoms with van der Waals surface area (Å²) in [6.07, 6.45) is 1.19. The maximum Gasteiger partial charge on any atom is 0.0931 e. The van der Waals surface area contributed by atoms with E-state index in [-0.39, 0.29) is 6.04 Å². The molecular weight excluding hydrogens is 326 g/mol. The van der Waals surface area contributed by atoms with Gasteiger partial charge in [0.15, 0.2) is 0 Å². The van der Waals surface area contributed by atoms with Gasteiger partial charge >= 0.3 is 0 Å². The molecule has 0 aromatic carbocycles. The van der Waals surface area contributed by atoms with Crippen LogP contribution in [0.1, 0.15) is 36.1 Å². The van der Waals surface area contributed by atoms with Crippen LogP contribution in [-0.4, -0.2) is 17.5 Å². The van der Waals surface area contributed by atoms with E-state index >= 15 is 0 Å². The highest BCUT2D eigenvalue weighted by Crippen LogP contribution is 2.33. The molecule has 0 saturated carbocycles. The molecule has 0 fully saturated rings. The molecule has 20 heavy (non-hydrogen) atoms. The Bertz CT molecular complexity index is 495. The first-order valence-electron chi connectivity index (χ1n) is 6.83. The molecule has 0 aliphatic rings. The Morgan fingerprint density at radius 2 is 2.15 bits per heavy atom. The summed E-state index contributed by atoms with van der Waals surface area (Å²) in [5.74, 6) is 2.41. The molecule has 1 nitrogen and oxygen atoms in total. The van der Waals surface area contributed by atoms with Crippen molar-refractivity contribution in [3.8, 4) is 0 Å². The molecule has 2 aromatic heterocycles. The van der Waals surface area contributed by atoms with Gasteiger partial charge in [0, 0.05) is 15.8 Å². The summed E-state index contributed by atoms with van der Waals surface area (Å²) in [4.78, 5) is 2.66. The molecule has 0 amide bonds. The van der Waals surface area contributed by atoms with E-state index in [1.54, 1.807) is 22.7 Å². The van der Waals surface area contributed by atoms with Crippen molar-refractivity contribution in [1.82, 2.24) is 5.32 Å². The standard InChI is InChI=1S/C15H20ClNS3/c1-3-18-10-8-11(2)17-15(12-5-4-9-19-12)13-6-7-14(16)20-13/h4-7,9,11,15,17H,3,8,10H2,1-2H3. The van der Waals surface area contributed by atoms with Crippen molar-refractivity contribution < 1.29 is 0 Å². The normalized spacial score (nSPS) is 14.3. The van der Waals surface area contributed by atoms with Gasteiger partial charge in [-0.15, -0.1) is 22.7 Å². The third-order valence-electron chi connectivity index (χ3n) is 3.06. The Morgan fingerprint density at radius 1 is 1.30 bits per heavy atom. The third kappa shape index (κ3) is 4.78. The summed E-state index contributed by atoms with van der Waals surface area (Å²) in [5, 5.41) is 5.89. The highest BCUT2D eigenvalue weighted by atomic mass is 35.5. The van der Waals surface area contributed by atoms with Crippen molar-refractivity contribution in [2.75, 3.05) is 11.5 Å². The van der Waals surface area contributed by atoms with Gasteiger partial charge in [0.25, 0.3) is 0 Å². The second-order valence-electron chi connectivity index (χ2n) is 4.64. The predicted octanol–water partition coefficient (Wildman–Crippen LogP) is 5.67. The number of hydrogen-bond donors (Lipinski definition) is 1. The minimum Gasteiger partial charge on any atom is -0.302 e. The van der Waals surface area contributed by atoms with Crippen LogP contribution in [0.15, 0.2) is 29.6 Å². The van der Waals surface area contributed by atoms with Crippen molar-refractivity contribution in [1.29, 1.82) is 0 Å². The average Bonchev–Trinajstić information content (AvgIpc) is 3.07. The summed E-state index contributed by atoms with van der Waals surface area (Å²) in [7, 11) is 0. The fourth-order valence-corrected chi connectivity index (χ4v) is 4.84. The zero-order valence-corrected chi connectivity index (χ0v) is 15.0. The molecule has 110 valence electrons. The fourth-order valence-electron chi connectivity index (χ4n) is 2.02. The lowest BCUT2D eigenvalue weighted by Crippen LogP contribution is -2.30. The molecule has 0 aliphatic heterocycles. The van der Waals surface area contributed by atoms with Gasteiger partial charge in [-0.3, -0.25) is 0 Å². The van der Waals surface area contributed by atoms with E-state index in [1.807, 2.05) is 17.8 Å². The number of thiophene rings is 2. The van der Waals surface area contributed by atoms with E-state index in [9.17, 15) is 0 Å². The first-order chi connectivity index (χ1) is 9.70. The molecule has 0 radical (unpaired) electrons. The van der Waals surface area contributed by atoms with Gasteiger partial charge < -0.3 is 5.32 Å². The Morgan fingerprint density at radius 3 is 2.75 bits per heavy atom. The second-order valence-corrected chi connectivity index (χ2v) is 8.76. The van der Waals surface area contributed by atoms with Crippen LogP contribution in [0.2, 0.25) is 4.34 Å². The topological polar surface area (TPSA) is 12.0 Å². The minimum atomic E-state index is 0.272. The van der Waals surface area contributed by atoms with Gasteiger partial charge in [-0.25, -0.2) is 0 Å². The molecule has 2 aromatic rings. The maximum absolute atomic E-state index is 6.10. The average molecular weight is 346 g/mol. The summed E-state index contributed by atoms with van der Waals surface area (Å²) in [6, 6.07) is 9.21. The third-order valence-corrected chi connectivity index (χ3v) is 6.22. The monoisotopic (exact) mass is 345 g/mol. The largest absolute Gasteiger partial charge is 0.302 e. The summed E-state index contributed by atoms with van der Waals surface area (Å²) < 4.78 is 0.859. The molecule has 1 N–H and O–H groups in total. The number of rotatable bonds is 8. The van der Waals surface area contributed by atoms with Crippen molar-refractivity contribution >= 4 is 46.0 Å². The van der Waals surface area contributed by atoms with Crippen LogP contribution in [0.5, 0.6) is 0 Å². The van der Waals surface area contributed by atoms with Crippen LogP contribution in [-0.2, 0) is 0 Å². The van der Waals surface area contributed by atoms with E-state index in [1.165, 1.54) is 27.7 Å². The van der Waals surface area contributed by atoms with Crippen LogP contribution in [0.25, 0.3) is 0 Å². The van der Waals surface area contributed by atoms with Gasteiger partial charge in [0.1, 0.15) is 0 Å². The number of halogens is 1. The summed E-state index contributed by atoms with van der Waals surface area (Å²) >= 11 is 11.6. The van der Waals surface area contributed by atoms with E-state index in [0.717, 1.165) is 4.34 Å². The van der Waals surface area contributed by atoms with Gasteiger partial charge in [-0.05, 0) is 48.4 Å². The van der Waals surface area contributed by atoms with Crippen LogP contribution in [0, 0.1) is 0 Å². The van der Waals surface area contributed by atoms with E-state index in [2.05, 4.69) is 42.7 Å². The van der Waals surface area contributed by atoms with Gasteiger partial charge in [-0.2, -0.15) is 11.8 Å². The Balaban J connectivity index is 2.04. The van der Waals surface area contributed by atoms with Crippen LogP contribution < -0.4 is 5.32 Å². The molecule has 0 saturated heterocycles. The first kappa shape index (κ1) is 16.4. The molecule has 5 heteroatoms. The molecule has 2 atom stereocenters. The van der Waals surface area contributed by atoms with Crippen molar-refractivity contribution in [2.24, 2.45) is 0 Å². The maximum atomic E-state index is 6.10. The Hall–Kier alpha value is -0.0000000000000000278. The van der Waals surface area contributed by atoms with E-state index in [4.69, 9.17) is 11.6 Å². The Kier molecular flexibility index (Phi) is 6.91. The minimum absolute atomic E-state index is 0.272. The second kappa shape index (κ2) is 8.44. The fraction of sp³-hybridized carbons (Fsp3) is 0.467. The molecule has 2 heterocycles. The molecule has 2 unspecified atom stereocenters. The van der Waals surface area contributed by atoms with Crippen molar-refractivity contribution in [3.05, 3.63) is 43.7 Å². The van der Waals surface area contributed by atoms with Crippen molar-refractivity contribution in [3.63, 3.8) is 0 Å². The Labute approximate surface area is 138 Å². The van der Waals surface area contributed by atoms with Crippen LogP contribution >= 0.6 is 46.0 Å². The summed E-state index contributed by atoms with van der Waals surface area (Å²) in [6.45, 7) is 4.48. The molecule has 0 bridgehead atoms. The van der Waals surface area contributed by atoms with E-state index < -0.39 is 0 Å². The number of hydrogen-bond acceptors (Lipinski definition) is 4. The van der Waals surface area contributed by atoms with Gasteiger partial charge in [0.2, 0.25) is 0 Å². The molecule has 0 spiro atoms. The highest BCUT2D eigenvalue weighted by Gasteiger charge is 2.19.